The number of fused-ring (bicyclic) bond motifs is 1. The fourth-order valence-corrected chi connectivity index (χ4v) is 4.85. The van der Waals surface area contributed by atoms with Crippen LogP contribution in [0.25, 0.3) is 10.9 Å². The van der Waals surface area contributed by atoms with Crippen molar-refractivity contribution in [1.29, 1.82) is 0 Å². The minimum Gasteiger partial charge on any atom is -0.490 e. The molecule has 0 aliphatic carbocycles. The Labute approximate surface area is 237 Å². The molecule has 2 heterocycles. The van der Waals surface area contributed by atoms with Crippen LogP contribution in [0.3, 0.4) is 0 Å². The van der Waals surface area contributed by atoms with E-state index in [0.717, 1.165) is 35.2 Å². The summed E-state index contributed by atoms with van der Waals surface area (Å²) in [5.74, 6) is 1.67. The number of nitrogens with zero attached hydrogens (tertiary/aromatic N) is 4. The van der Waals surface area contributed by atoms with Crippen molar-refractivity contribution in [1.82, 2.24) is 19.8 Å². The monoisotopic (exact) mass is 563 g/mol. The minimum atomic E-state index is -0.310. The molecule has 1 aliphatic heterocycles. The Morgan fingerprint density at radius 1 is 1.10 bits per heavy atom. The lowest BCUT2D eigenvalue weighted by Gasteiger charge is -2.32. The van der Waals surface area contributed by atoms with E-state index in [9.17, 15) is 9.18 Å². The molecular formula is C30H31ClFN5O3. The molecule has 3 aromatic carbocycles. The molecule has 1 aromatic heterocycles. The van der Waals surface area contributed by atoms with Crippen molar-refractivity contribution >= 4 is 39.9 Å². The second kappa shape index (κ2) is 12.5. The summed E-state index contributed by atoms with van der Waals surface area (Å²) in [6.07, 6.45) is 3.09. The third-order valence-corrected chi connectivity index (χ3v) is 6.93. The van der Waals surface area contributed by atoms with Crippen LogP contribution in [-0.2, 0) is 11.4 Å². The van der Waals surface area contributed by atoms with Gasteiger partial charge in [-0.3, -0.25) is 4.79 Å². The van der Waals surface area contributed by atoms with Gasteiger partial charge in [-0.1, -0.05) is 23.7 Å². The summed E-state index contributed by atoms with van der Waals surface area (Å²) in [4.78, 5) is 25.0. The van der Waals surface area contributed by atoms with Crippen molar-refractivity contribution in [2.24, 2.45) is 0 Å². The number of carbonyl (C=O) groups excluding carboxylic acids is 1. The first-order valence-corrected chi connectivity index (χ1v) is 13.5. The highest BCUT2D eigenvalue weighted by Crippen LogP contribution is 2.32. The molecule has 0 unspecified atom stereocenters. The van der Waals surface area contributed by atoms with Gasteiger partial charge in [0.15, 0.2) is 0 Å². The first-order valence-electron chi connectivity index (χ1n) is 13.1. The van der Waals surface area contributed by atoms with Gasteiger partial charge in [-0.25, -0.2) is 14.4 Å². The highest BCUT2D eigenvalue weighted by Gasteiger charge is 2.24. The number of rotatable bonds is 9. The molecule has 1 aliphatic rings. The summed E-state index contributed by atoms with van der Waals surface area (Å²) >= 11 is 6.48. The molecular weight excluding hydrogens is 533 g/mol. The Morgan fingerprint density at radius 3 is 2.67 bits per heavy atom. The number of hydrogen-bond donors (Lipinski definition) is 1. The zero-order valence-corrected chi connectivity index (χ0v) is 23.2. The van der Waals surface area contributed by atoms with Crippen LogP contribution in [0, 0.1) is 5.82 Å². The third-order valence-electron chi connectivity index (χ3n) is 6.63. The second-order valence-electron chi connectivity index (χ2n) is 10.0. The van der Waals surface area contributed by atoms with Gasteiger partial charge >= 0.3 is 0 Å². The summed E-state index contributed by atoms with van der Waals surface area (Å²) in [5, 5.41) is 4.54. The SMILES string of the molecule is CN(C)CC(=O)N1CCC(Oc2ccc3ncnc(Nc4ccc(OCc5cccc(F)c5)c(Cl)c4)c3c2)CC1. The van der Waals surface area contributed by atoms with Crippen LogP contribution < -0.4 is 14.8 Å². The van der Waals surface area contributed by atoms with Crippen LogP contribution in [0.2, 0.25) is 5.02 Å². The Morgan fingerprint density at radius 2 is 1.93 bits per heavy atom. The van der Waals surface area contributed by atoms with E-state index in [1.165, 1.54) is 18.5 Å². The van der Waals surface area contributed by atoms with E-state index in [2.05, 4.69) is 15.3 Å². The number of ether oxygens (including phenoxy) is 2. The van der Waals surface area contributed by atoms with Crippen LogP contribution in [0.1, 0.15) is 18.4 Å². The number of anilines is 2. The minimum absolute atomic E-state index is 0.0284. The summed E-state index contributed by atoms with van der Waals surface area (Å²) in [7, 11) is 3.80. The Hall–Kier alpha value is -3.95. The number of aromatic nitrogens is 2. The molecule has 1 amide bonds. The predicted molar refractivity (Wildman–Crippen MR) is 154 cm³/mol. The molecule has 4 aromatic rings. The van der Waals surface area contributed by atoms with E-state index < -0.39 is 0 Å². The van der Waals surface area contributed by atoms with Gasteiger partial charge in [0.1, 0.15) is 42.2 Å². The van der Waals surface area contributed by atoms with Crippen LogP contribution in [0.4, 0.5) is 15.9 Å². The number of likely N-dealkylation sites (tertiary alicyclic amines) is 1. The van der Waals surface area contributed by atoms with Crippen molar-refractivity contribution in [2.75, 3.05) is 39.0 Å². The number of likely N-dealkylation sites (N-methyl/N-ethyl adjacent to an activating group) is 1. The Kier molecular flexibility index (Phi) is 8.62. The van der Waals surface area contributed by atoms with Gasteiger partial charge in [-0.2, -0.15) is 0 Å². The summed E-state index contributed by atoms with van der Waals surface area (Å²) in [6.45, 7) is 1.99. The van der Waals surface area contributed by atoms with E-state index in [1.807, 2.05) is 48.2 Å². The molecule has 0 saturated carbocycles. The lowest BCUT2D eigenvalue weighted by molar-refractivity contribution is -0.133. The molecule has 0 atom stereocenters. The predicted octanol–water partition coefficient (Wildman–Crippen LogP) is 5.68. The van der Waals surface area contributed by atoms with Crippen molar-refractivity contribution < 1.29 is 18.7 Å². The van der Waals surface area contributed by atoms with Crippen molar-refractivity contribution in [2.45, 2.75) is 25.6 Å². The van der Waals surface area contributed by atoms with Crippen LogP contribution in [-0.4, -0.2) is 65.5 Å². The van der Waals surface area contributed by atoms with Crippen LogP contribution in [0.15, 0.2) is 67.0 Å². The average molecular weight is 564 g/mol. The molecule has 0 radical (unpaired) electrons. The maximum absolute atomic E-state index is 13.4. The third kappa shape index (κ3) is 6.97. The maximum atomic E-state index is 13.4. The van der Waals surface area contributed by atoms with E-state index in [4.69, 9.17) is 21.1 Å². The molecule has 10 heteroatoms. The topological polar surface area (TPSA) is 79.8 Å². The fraction of sp³-hybridized carbons (Fsp3) is 0.300. The van der Waals surface area contributed by atoms with Gasteiger partial charge in [-0.15, -0.1) is 0 Å². The molecule has 0 spiro atoms. The number of piperidine rings is 1. The normalized spacial score (nSPS) is 14.0. The zero-order chi connectivity index (χ0) is 28.1. The highest BCUT2D eigenvalue weighted by atomic mass is 35.5. The van der Waals surface area contributed by atoms with Crippen LogP contribution >= 0.6 is 11.6 Å². The standard InChI is InChI=1S/C30H31ClFN5O3/c1-36(2)17-29(38)37-12-10-23(11-13-37)40-24-7-8-27-25(16-24)30(34-19-33-27)35-22-6-9-28(26(31)15-22)39-18-20-4-3-5-21(32)14-20/h3-9,14-16,19,23H,10-13,17-18H2,1-2H3,(H,33,34,35). The maximum Gasteiger partial charge on any atom is 0.236 e. The quantitative estimate of drug-likeness (QED) is 0.281. The van der Waals surface area contributed by atoms with E-state index in [1.54, 1.807) is 24.3 Å². The highest BCUT2D eigenvalue weighted by molar-refractivity contribution is 6.32. The van der Waals surface area contributed by atoms with Crippen molar-refractivity contribution in [3.63, 3.8) is 0 Å². The first-order chi connectivity index (χ1) is 19.3. The number of benzene rings is 3. The Bertz CT molecular complexity index is 1490. The van der Waals surface area contributed by atoms with Crippen LogP contribution in [0.5, 0.6) is 11.5 Å². The Balaban J connectivity index is 1.24. The number of nitrogens with one attached hydrogen (secondary N) is 1. The summed E-state index contributed by atoms with van der Waals surface area (Å²) in [5.41, 5.74) is 2.21. The van der Waals surface area contributed by atoms with E-state index in [-0.39, 0.29) is 24.4 Å². The molecule has 8 nitrogen and oxygen atoms in total. The average Bonchev–Trinajstić information content (AvgIpc) is 2.93. The largest absolute Gasteiger partial charge is 0.490 e. The molecule has 1 N–H and O–H groups in total. The fourth-order valence-electron chi connectivity index (χ4n) is 4.61. The molecule has 40 heavy (non-hydrogen) atoms. The number of halogens is 2. The van der Waals surface area contributed by atoms with E-state index >= 15 is 0 Å². The smallest absolute Gasteiger partial charge is 0.236 e. The molecule has 1 saturated heterocycles. The van der Waals surface area contributed by atoms with Gasteiger partial charge in [-0.05, 0) is 68.2 Å². The molecule has 5 rings (SSSR count). The lowest BCUT2D eigenvalue weighted by atomic mass is 10.1. The lowest BCUT2D eigenvalue weighted by Crippen LogP contribution is -2.44. The number of carbonyl (C=O) groups is 1. The van der Waals surface area contributed by atoms with Gasteiger partial charge in [0.05, 0.1) is 17.1 Å². The zero-order valence-electron chi connectivity index (χ0n) is 22.4. The molecule has 1 fully saturated rings. The number of amides is 1. The second-order valence-corrected chi connectivity index (χ2v) is 10.4. The number of hydrogen-bond acceptors (Lipinski definition) is 7. The summed E-state index contributed by atoms with van der Waals surface area (Å²) < 4.78 is 25.5. The van der Waals surface area contributed by atoms with Crippen molar-refractivity contribution in [3.05, 3.63) is 83.4 Å². The van der Waals surface area contributed by atoms with E-state index in [0.29, 0.717) is 41.8 Å². The summed E-state index contributed by atoms with van der Waals surface area (Å²) in [6, 6.07) is 17.4. The van der Waals surface area contributed by atoms with Gasteiger partial charge < -0.3 is 24.6 Å². The van der Waals surface area contributed by atoms with Crippen molar-refractivity contribution in [3.8, 4) is 11.5 Å². The first kappa shape index (κ1) is 27.6. The molecule has 0 bridgehead atoms. The van der Waals surface area contributed by atoms with Gasteiger partial charge in [0.25, 0.3) is 0 Å². The van der Waals surface area contributed by atoms with Gasteiger partial charge in [0.2, 0.25) is 5.91 Å². The van der Waals surface area contributed by atoms with Gasteiger partial charge in [0, 0.05) is 37.0 Å². The molecule has 208 valence electrons.